The second kappa shape index (κ2) is 7.59. The average molecular weight is 252 g/mol. The molecule has 1 heterocycles. The molecule has 0 aliphatic carbocycles. The molecule has 0 saturated heterocycles. The third-order valence-electron chi connectivity index (χ3n) is 3.37. The molecule has 2 N–H and O–H groups in total. The van der Waals surface area contributed by atoms with Gasteiger partial charge in [0.15, 0.2) is 0 Å². The van der Waals surface area contributed by atoms with Gasteiger partial charge >= 0.3 is 0 Å². The summed E-state index contributed by atoms with van der Waals surface area (Å²) in [5.41, 5.74) is 6.17. The zero-order valence-corrected chi connectivity index (χ0v) is 12.2. The Morgan fingerprint density at radius 1 is 1.28 bits per heavy atom. The van der Waals surface area contributed by atoms with Gasteiger partial charge in [0.1, 0.15) is 5.76 Å². The highest BCUT2D eigenvalue weighted by Crippen LogP contribution is 2.26. The van der Waals surface area contributed by atoms with E-state index in [0.29, 0.717) is 6.04 Å². The number of nitrogens with zero attached hydrogens (tertiary/aromatic N) is 1. The molecule has 1 rings (SSSR count). The van der Waals surface area contributed by atoms with Gasteiger partial charge in [-0.05, 0) is 45.9 Å². The van der Waals surface area contributed by atoms with Gasteiger partial charge in [-0.25, -0.2) is 0 Å². The van der Waals surface area contributed by atoms with E-state index in [9.17, 15) is 0 Å². The van der Waals surface area contributed by atoms with Crippen LogP contribution < -0.4 is 5.73 Å². The maximum Gasteiger partial charge on any atom is 0.122 e. The van der Waals surface area contributed by atoms with Gasteiger partial charge in [-0.1, -0.05) is 19.8 Å². The normalized spacial score (nSPS) is 15.3. The van der Waals surface area contributed by atoms with Crippen molar-refractivity contribution in [2.45, 2.75) is 65.1 Å². The van der Waals surface area contributed by atoms with Gasteiger partial charge < -0.3 is 10.2 Å². The van der Waals surface area contributed by atoms with Crippen molar-refractivity contribution < 1.29 is 4.42 Å². The summed E-state index contributed by atoms with van der Waals surface area (Å²) in [5.74, 6) is 0.982. The fourth-order valence-corrected chi connectivity index (χ4v) is 2.45. The second-order valence-electron chi connectivity index (χ2n) is 5.36. The zero-order valence-electron chi connectivity index (χ0n) is 12.2. The lowest BCUT2D eigenvalue weighted by Crippen LogP contribution is -2.43. The summed E-state index contributed by atoms with van der Waals surface area (Å²) in [6.45, 7) is 9.82. The molecular formula is C15H28N2O. The van der Waals surface area contributed by atoms with Crippen molar-refractivity contribution in [2.24, 2.45) is 5.73 Å². The van der Waals surface area contributed by atoms with Gasteiger partial charge in [-0.3, -0.25) is 4.90 Å². The number of rotatable bonds is 8. The smallest absolute Gasteiger partial charge is 0.122 e. The van der Waals surface area contributed by atoms with Crippen LogP contribution in [0.15, 0.2) is 22.8 Å². The Bertz CT molecular complexity index is 306. The molecule has 104 valence electrons. The molecule has 3 heteroatoms. The van der Waals surface area contributed by atoms with Crippen molar-refractivity contribution >= 4 is 0 Å². The molecule has 3 nitrogen and oxygen atoms in total. The lowest BCUT2D eigenvalue weighted by Gasteiger charge is -2.36. The van der Waals surface area contributed by atoms with Crippen LogP contribution in [0.3, 0.4) is 0 Å². The SMILES string of the molecule is CCCCCN(C(C)C)C(c1ccco1)C(C)N. The predicted octanol–water partition coefficient (Wildman–Crippen LogP) is 3.57. The highest BCUT2D eigenvalue weighted by molar-refractivity contribution is 5.07. The van der Waals surface area contributed by atoms with Crippen LogP contribution in [0.2, 0.25) is 0 Å². The quantitative estimate of drug-likeness (QED) is 0.719. The molecule has 0 amide bonds. The summed E-state index contributed by atoms with van der Waals surface area (Å²) in [5, 5.41) is 0. The molecular weight excluding hydrogens is 224 g/mol. The number of nitrogens with two attached hydrogens (primary N) is 1. The molecule has 2 unspecified atom stereocenters. The number of hydrogen-bond acceptors (Lipinski definition) is 3. The highest BCUT2D eigenvalue weighted by atomic mass is 16.3. The van der Waals surface area contributed by atoms with Gasteiger partial charge in [0.2, 0.25) is 0 Å². The number of furan rings is 1. The first-order valence-electron chi connectivity index (χ1n) is 7.12. The molecule has 1 aromatic rings. The Balaban J connectivity index is 2.78. The summed E-state index contributed by atoms with van der Waals surface area (Å²) in [4.78, 5) is 2.46. The topological polar surface area (TPSA) is 42.4 Å². The van der Waals surface area contributed by atoms with E-state index in [0.717, 1.165) is 12.3 Å². The summed E-state index contributed by atoms with van der Waals surface area (Å²) in [6.07, 6.45) is 5.47. The van der Waals surface area contributed by atoms with Crippen molar-refractivity contribution in [3.8, 4) is 0 Å². The van der Waals surface area contributed by atoms with Gasteiger partial charge in [-0.15, -0.1) is 0 Å². The Morgan fingerprint density at radius 3 is 2.44 bits per heavy atom. The first-order chi connectivity index (χ1) is 8.57. The summed E-state index contributed by atoms with van der Waals surface area (Å²) in [6, 6.07) is 4.69. The van der Waals surface area contributed by atoms with Gasteiger partial charge in [0, 0.05) is 12.1 Å². The van der Waals surface area contributed by atoms with Gasteiger partial charge in [0.05, 0.1) is 12.3 Å². The van der Waals surface area contributed by atoms with Crippen molar-refractivity contribution in [1.29, 1.82) is 0 Å². The maximum atomic E-state index is 6.17. The second-order valence-corrected chi connectivity index (χ2v) is 5.36. The lowest BCUT2D eigenvalue weighted by atomic mass is 10.0. The molecule has 0 aromatic carbocycles. The van der Waals surface area contributed by atoms with E-state index in [1.54, 1.807) is 6.26 Å². The van der Waals surface area contributed by atoms with Crippen LogP contribution in [-0.4, -0.2) is 23.5 Å². The minimum absolute atomic E-state index is 0.0696. The van der Waals surface area contributed by atoms with Crippen LogP contribution in [0.1, 0.15) is 58.8 Å². The van der Waals surface area contributed by atoms with Crippen LogP contribution in [0, 0.1) is 0 Å². The van der Waals surface area contributed by atoms with E-state index in [1.807, 2.05) is 12.1 Å². The van der Waals surface area contributed by atoms with E-state index >= 15 is 0 Å². The lowest BCUT2D eigenvalue weighted by molar-refractivity contribution is 0.116. The molecule has 0 saturated carbocycles. The monoisotopic (exact) mass is 252 g/mol. The molecule has 18 heavy (non-hydrogen) atoms. The summed E-state index contributed by atoms with van der Waals surface area (Å²) >= 11 is 0. The fourth-order valence-electron chi connectivity index (χ4n) is 2.45. The molecule has 0 spiro atoms. The van der Waals surface area contributed by atoms with E-state index in [2.05, 4.69) is 32.6 Å². The third-order valence-corrected chi connectivity index (χ3v) is 3.37. The van der Waals surface area contributed by atoms with E-state index in [4.69, 9.17) is 10.2 Å². The first kappa shape index (κ1) is 15.3. The van der Waals surface area contributed by atoms with Crippen molar-refractivity contribution in [2.75, 3.05) is 6.54 Å². The van der Waals surface area contributed by atoms with E-state index in [-0.39, 0.29) is 12.1 Å². The van der Waals surface area contributed by atoms with Gasteiger partial charge in [-0.2, -0.15) is 0 Å². The minimum atomic E-state index is 0.0696. The number of hydrogen-bond donors (Lipinski definition) is 1. The fraction of sp³-hybridized carbons (Fsp3) is 0.733. The summed E-state index contributed by atoms with van der Waals surface area (Å²) in [7, 11) is 0. The van der Waals surface area contributed by atoms with Crippen LogP contribution in [-0.2, 0) is 0 Å². The van der Waals surface area contributed by atoms with Crippen molar-refractivity contribution in [3.05, 3.63) is 24.2 Å². The first-order valence-corrected chi connectivity index (χ1v) is 7.12. The molecule has 2 atom stereocenters. The van der Waals surface area contributed by atoms with Crippen LogP contribution >= 0.6 is 0 Å². The molecule has 0 bridgehead atoms. The van der Waals surface area contributed by atoms with Crippen LogP contribution in [0.25, 0.3) is 0 Å². The Kier molecular flexibility index (Phi) is 6.44. The predicted molar refractivity (Wildman–Crippen MR) is 76.5 cm³/mol. The zero-order chi connectivity index (χ0) is 13.5. The van der Waals surface area contributed by atoms with Gasteiger partial charge in [0.25, 0.3) is 0 Å². The van der Waals surface area contributed by atoms with Crippen LogP contribution in [0.4, 0.5) is 0 Å². The standard InChI is InChI=1S/C15H28N2O/c1-5-6-7-10-17(12(2)3)15(13(4)16)14-9-8-11-18-14/h8-9,11-13,15H,5-7,10,16H2,1-4H3. The molecule has 0 aliphatic rings. The highest BCUT2D eigenvalue weighted by Gasteiger charge is 2.27. The Labute approximate surface area is 111 Å². The molecule has 0 aliphatic heterocycles. The van der Waals surface area contributed by atoms with Crippen molar-refractivity contribution in [3.63, 3.8) is 0 Å². The molecule has 1 aromatic heterocycles. The van der Waals surface area contributed by atoms with Crippen molar-refractivity contribution in [1.82, 2.24) is 4.90 Å². The largest absolute Gasteiger partial charge is 0.468 e. The van der Waals surface area contributed by atoms with E-state index in [1.165, 1.54) is 19.3 Å². The Hall–Kier alpha value is -0.800. The minimum Gasteiger partial charge on any atom is -0.468 e. The molecule has 0 fully saturated rings. The third kappa shape index (κ3) is 4.14. The Morgan fingerprint density at radius 2 is 2.00 bits per heavy atom. The summed E-state index contributed by atoms with van der Waals surface area (Å²) < 4.78 is 5.57. The number of unbranched alkanes of at least 4 members (excludes halogenated alkanes) is 2. The van der Waals surface area contributed by atoms with Crippen LogP contribution in [0.5, 0.6) is 0 Å². The van der Waals surface area contributed by atoms with E-state index < -0.39 is 0 Å². The molecule has 0 radical (unpaired) electrons. The maximum absolute atomic E-state index is 6.17. The average Bonchev–Trinajstić information content (AvgIpc) is 2.80.